The molecule has 0 saturated heterocycles. The normalized spacial score (nSPS) is 9.80. The van der Waals surface area contributed by atoms with Gasteiger partial charge in [-0.2, -0.15) is 0 Å². The van der Waals surface area contributed by atoms with Crippen molar-refractivity contribution < 1.29 is 4.74 Å². The molecule has 0 fully saturated rings. The second-order valence-corrected chi connectivity index (χ2v) is 3.01. The SMILES string of the molecule is CCCOc1cscc1C. The molecule has 1 heterocycles. The van der Waals surface area contributed by atoms with Crippen molar-refractivity contribution in [2.45, 2.75) is 20.3 Å². The van der Waals surface area contributed by atoms with Gasteiger partial charge in [-0.3, -0.25) is 0 Å². The first-order valence-corrected chi connectivity index (χ1v) is 4.44. The van der Waals surface area contributed by atoms with Gasteiger partial charge in [0.1, 0.15) is 5.75 Å². The van der Waals surface area contributed by atoms with E-state index in [1.807, 2.05) is 5.38 Å². The molecule has 0 saturated carbocycles. The molecule has 0 N–H and O–H groups in total. The molecule has 10 heavy (non-hydrogen) atoms. The maximum atomic E-state index is 5.44. The molecular weight excluding hydrogens is 144 g/mol. The van der Waals surface area contributed by atoms with E-state index in [4.69, 9.17) is 4.74 Å². The van der Waals surface area contributed by atoms with E-state index in [0.29, 0.717) is 0 Å². The van der Waals surface area contributed by atoms with Crippen molar-refractivity contribution in [1.82, 2.24) is 0 Å². The third-order valence-electron chi connectivity index (χ3n) is 1.27. The Morgan fingerprint density at radius 1 is 1.50 bits per heavy atom. The minimum atomic E-state index is 0.831. The van der Waals surface area contributed by atoms with E-state index in [1.54, 1.807) is 11.3 Å². The van der Waals surface area contributed by atoms with Crippen LogP contribution in [-0.2, 0) is 0 Å². The first kappa shape index (κ1) is 7.61. The molecule has 2 heteroatoms. The quantitative estimate of drug-likeness (QED) is 0.654. The van der Waals surface area contributed by atoms with Crippen LogP contribution in [-0.4, -0.2) is 6.61 Å². The minimum absolute atomic E-state index is 0.831. The molecule has 0 aliphatic heterocycles. The van der Waals surface area contributed by atoms with Crippen LogP contribution in [0, 0.1) is 6.92 Å². The van der Waals surface area contributed by atoms with Crippen LogP contribution < -0.4 is 4.74 Å². The van der Waals surface area contributed by atoms with Crippen molar-refractivity contribution in [3.8, 4) is 5.75 Å². The van der Waals surface area contributed by atoms with Crippen molar-refractivity contribution >= 4 is 11.3 Å². The molecule has 0 radical (unpaired) electrons. The Balaban J connectivity index is 2.49. The summed E-state index contributed by atoms with van der Waals surface area (Å²) in [4.78, 5) is 0. The number of ether oxygens (including phenoxy) is 1. The Labute approximate surface area is 65.6 Å². The number of aryl methyl sites for hydroxylation is 1. The number of hydrogen-bond acceptors (Lipinski definition) is 2. The van der Waals surface area contributed by atoms with Crippen molar-refractivity contribution in [2.24, 2.45) is 0 Å². The fourth-order valence-electron chi connectivity index (χ4n) is 0.709. The van der Waals surface area contributed by atoms with Gasteiger partial charge in [0.2, 0.25) is 0 Å². The van der Waals surface area contributed by atoms with E-state index < -0.39 is 0 Å². The highest BCUT2D eigenvalue weighted by molar-refractivity contribution is 7.08. The molecule has 0 spiro atoms. The summed E-state index contributed by atoms with van der Waals surface area (Å²) < 4.78 is 5.44. The molecule has 0 aromatic carbocycles. The zero-order valence-electron chi connectivity index (χ0n) is 6.39. The smallest absolute Gasteiger partial charge is 0.132 e. The van der Waals surface area contributed by atoms with E-state index >= 15 is 0 Å². The molecule has 0 aliphatic rings. The molecule has 1 aromatic rings. The van der Waals surface area contributed by atoms with E-state index in [0.717, 1.165) is 18.8 Å². The molecule has 1 aromatic heterocycles. The lowest BCUT2D eigenvalue weighted by atomic mass is 10.4. The van der Waals surface area contributed by atoms with Gasteiger partial charge in [0.05, 0.1) is 6.61 Å². The van der Waals surface area contributed by atoms with Crippen molar-refractivity contribution in [1.29, 1.82) is 0 Å². The third kappa shape index (κ3) is 1.74. The first-order valence-electron chi connectivity index (χ1n) is 3.50. The van der Waals surface area contributed by atoms with Gasteiger partial charge in [-0.05, 0) is 18.7 Å². The fourth-order valence-corrected chi connectivity index (χ4v) is 1.47. The van der Waals surface area contributed by atoms with Crippen LogP contribution >= 0.6 is 11.3 Å². The second-order valence-electron chi connectivity index (χ2n) is 2.27. The molecule has 1 rings (SSSR count). The topological polar surface area (TPSA) is 9.23 Å². The molecule has 0 aliphatic carbocycles. The van der Waals surface area contributed by atoms with Gasteiger partial charge in [0.15, 0.2) is 0 Å². The zero-order chi connectivity index (χ0) is 7.40. The van der Waals surface area contributed by atoms with E-state index in [-0.39, 0.29) is 0 Å². The van der Waals surface area contributed by atoms with E-state index in [2.05, 4.69) is 19.2 Å². The summed E-state index contributed by atoms with van der Waals surface area (Å²) in [5.74, 6) is 1.05. The Morgan fingerprint density at radius 3 is 2.80 bits per heavy atom. The van der Waals surface area contributed by atoms with Crippen LogP contribution in [0.25, 0.3) is 0 Å². The molecular formula is C8H12OS. The second kappa shape index (κ2) is 3.62. The average molecular weight is 156 g/mol. The lowest BCUT2D eigenvalue weighted by molar-refractivity contribution is 0.317. The van der Waals surface area contributed by atoms with Crippen LogP contribution in [0.4, 0.5) is 0 Å². The van der Waals surface area contributed by atoms with Gasteiger partial charge in [-0.15, -0.1) is 11.3 Å². The van der Waals surface area contributed by atoms with E-state index in [9.17, 15) is 0 Å². The van der Waals surface area contributed by atoms with Crippen molar-refractivity contribution in [3.05, 3.63) is 16.3 Å². The summed E-state index contributed by atoms with van der Waals surface area (Å²) in [6.07, 6.45) is 1.08. The summed E-state index contributed by atoms with van der Waals surface area (Å²) in [7, 11) is 0. The predicted molar refractivity (Wildman–Crippen MR) is 44.8 cm³/mol. The van der Waals surface area contributed by atoms with Crippen LogP contribution in [0.15, 0.2) is 10.8 Å². The first-order chi connectivity index (χ1) is 4.84. The number of thiophene rings is 1. The summed E-state index contributed by atoms with van der Waals surface area (Å²) in [5, 5.41) is 4.15. The minimum Gasteiger partial charge on any atom is -0.492 e. The summed E-state index contributed by atoms with van der Waals surface area (Å²) >= 11 is 1.69. The van der Waals surface area contributed by atoms with Gasteiger partial charge in [-0.1, -0.05) is 6.92 Å². The Morgan fingerprint density at radius 2 is 2.30 bits per heavy atom. The number of rotatable bonds is 3. The Kier molecular flexibility index (Phi) is 2.75. The maximum absolute atomic E-state index is 5.44. The van der Waals surface area contributed by atoms with Crippen LogP contribution in [0.5, 0.6) is 5.75 Å². The summed E-state index contributed by atoms with van der Waals surface area (Å²) in [6, 6.07) is 0. The van der Waals surface area contributed by atoms with Gasteiger partial charge < -0.3 is 4.74 Å². The monoisotopic (exact) mass is 156 g/mol. The van der Waals surface area contributed by atoms with Crippen LogP contribution in [0.3, 0.4) is 0 Å². The number of hydrogen-bond donors (Lipinski definition) is 0. The maximum Gasteiger partial charge on any atom is 0.132 e. The van der Waals surface area contributed by atoms with E-state index in [1.165, 1.54) is 5.56 Å². The van der Waals surface area contributed by atoms with Gasteiger partial charge in [-0.25, -0.2) is 0 Å². The van der Waals surface area contributed by atoms with Crippen LogP contribution in [0.2, 0.25) is 0 Å². The standard InChI is InChI=1S/C8H12OS/c1-3-4-9-8-6-10-5-7(8)2/h5-6H,3-4H2,1-2H3. The highest BCUT2D eigenvalue weighted by atomic mass is 32.1. The average Bonchev–Trinajstić information content (AvgIpc) is 2.31. The van der Waals surface area contributed by atoms with Crippen molar-refractivity contribution in [2.75, 3.05) is 6.61 Å². The summed E-state index contributed by atoms with van der Waals surface area (Å²) in [5.41, 5.74) is 1.25. The Bertz CT molecular complexity index is 193. The summed E-state index contributed by atoms with van der Waals surface area (Å²) in [6.45, 7) is 5.01. The van der Waals surface area contributed by atoms with Crippen LogP contribution in [0.1, 0.15) is 18.9 Å². The molecule has 56 valence electrons. The predicted octanol–water partition coefficient (Wildman–Crippen LogP) is 2.85. The lowest BCUT2D eigenvalue weighted by Gasteiger charge is -2.01. The highest BCUT2D eigenvalue weighted by Crippen LogP contribution is 2.21. The van der Waals surface area contributed by atoms with Crippen molar-refractivity contribution in [3.63, 3.8) is 0 Å². The molecule has 0 amide bonds. The molecule has 0 unspecified atom stereocenters. The zero-order valence-corrected chi connectivity index (χ0v) is 7.20. The molecule has 0 atom stereocenters. The van der Waals surface area contributed by atoms with Gasteiger partial charge >= 0.3 is 0 Å². The Hall–Kier alpha value is -0.500. The largest absolute Gasteiger partial charge is 0.492 e. The van der Waals surface area contributed by atoms with Gasteiger partial charge in [0, 0.05) is 10.9 Å². The molecule has 1 nitrogen and oxygen atoms in total. The fraction of sp³-hybridized carbons (Fsp3) is 0.500. The van der Waals surface area contributed by atoms with Gasteiger partial charge in [0.25, 0.3) is 0 Å². The highest BCUT2D eigenvalue weighted by Gasteiger charge is 1.97. The lowest BCUT2D eigenvalue weighted by Crippen LogP contribution is -1.94. The molecule has 0 bridgehead atoms. The third-order valence-corrected chi connectivity index (χ3v) is 2.11.